The van der Waals surface area contributed by atoms with Gasteiger partial charge < -0.3 is 5.73 Å². The number of benzene rings is 4. The average Bonchev–Trinajstić information content (AvgIpc) is 2.84. The molecule has 2 N–H and O–H groups in total. The van der Waals surface area contributed by atoms with Crippen LogP contribution in [0.1, 0.15) is 5.56 Å². The van der Waals surface area contributed by atoms with Crippen LogP contribution in [-0.2, 0) is 23.6 Å². The van der Waals surface area contributed by atoms with Crippen LogP contribution < -0.4 is 21.6 Å². The monoisotopic (exact) mass is 567 g/mol. The molecular formula is C26H25BrNPPd. The Hall–Kier alpha value is -1.59. The van der Waals surface area contributed by atoms with Crippen LogP contribution in [0.15, 0.2) is 115 Å². The van der Waals surface area contributed by atoms with E-state index in [0.29, 0.717) is 0 Å². The molecule has 0 radical (unpaired) electrons. The zero-order valence-electron chi connectivity index (χ0n) is 16.6. The summed E-state index contributed by atoms with van der Waals surface area (Å²) >= 11 is 5.35. The Morgan fingerprint density at radius 2 is 1.10 bits per heavy atom. The Morgan fingerprint density at radius 3 is 1.43 bits per heavy atom. The first kappa shape index (κ1) is 24.7. The molecular weight excluding hydrogens is 544 g/mol. The molecule has 0 aliphatic rings. The quantitative estimate of drug-likeness (QED) is 0.198. The van der Waals surface area contributed by atoms with Gasteiger partial charge in [0.25, 0.3) is 0 Å². The summed E-state index contributed by atoms with van der Waals surface area (Å²) in [6.45, 7) is 0.720. The van der Waals surface area contributed by atoms with Crippen LogP contribution in [0.3, 0.4) is 0 Å². The SMILES string of the molecule is NCCc1c[c-]ccc1.[Br][Pd+].c1ccc(P(c2ccccc2)c2ccccc2)cc1. The van der Waals surface area contributed by atoms with Gasteiger partial charge in [-0.25, -0.2) is 0 Å². The fourth-order valence-corrected chi connectivity index (χ4v) is 5.24. The molecule has 0 aromatic heterocycles. The normalized spacial score (nSPS) is 9.77. The van der Waals surface area contributed by atoms with Crippen LogP contribution in [0.4, 0.5) is 0 Å². The first-order chi connectivity index (χ1) is 14.9. The predicted molar refractivity (Wildman–Crippen MR) is 132 cm³/mol. The van der Waals surface area contributed by atoms with E-state index in [4.69, 9.17) is 5.73 Å². The Morgan fingerprint density at radius 1 is 0.667 bits per heavy atom. The van der Waals surface area contributed by atoms with Gasteiger partial charge in [0.2, 0.25) is 0 Å². The third kappa shape index (κ3) is 8.27. The van der Waals surface area contributed by atoms with Gasteiger partial charge in [-0.3, -0.25) is 0 Å². The van der Waals surface area contributed by atoms with E-state index in [1.165, 1.54) is 21.5 Å². The van der Waals surface area contributed by atoms with Gasteiger partial charge in [0, 0.05) is 0 Å². The van der Waals surface area contributed by atoms with E-state index in [9.17, 15) is 0 Å². The predicted octanol–water partition coefficient (Wildman–Crippen LogP) is 5.28. The van der Waals surface area contributed by atoms with Crippen molar-refractivity contribution in [3.05, 3.63) is 127 Å². The first-order valence-electron chi connectivity index (χ1n) is 9.61. The van der Waals surface area contributed by atoms with Crippen molar-refractivity contribution in [3.63, 3.8) is 0 Å². The van der Waals surface area contributed by atoms with E-state index in [1.807, 2.05) is 18.2 Å². The number of rotatable bonds is 5. The van der Waals surface area contributed by atoms with Crippen LogP contribution in [0, 0.1) is 6.07 Å². The van der Waals surface area contributed by atoms with E-state index in [2.05, 4.69) is 134 Å². The van der Waals surface area contributed by atoms with Crippen molar-refractivity contribution in [1.29, 1.82) is 0 Å². The topological polar surface area (TPSA) is 26.0 Å². The molecule has 4 rings (SSSR count). The Labute approximate surface area is 199 Å². The zero-order valence-corrected chi connectivity index (χ0v) is 20.6. The molecule has 0 bridgehead atoms. The molecule has 1 nitrogen and oxygen atoms in total. The molecule has 4 aromatic rings. The van der Waals surface area contributed by atoms with Crippen molar-refractivity contribution in [2.24, 2.45) is 5.73 Å². The average molecular weight is 569 g/mol. The summed E-state index contributed by atoms with van der Waals surface area (Å²) < 4.78 is 0. The van der Waals surface area contributed by atoms with Crippen molar-refractivity contribution in [1.82, 2.24) is 0 Å². The summed E-state index contributed by atoms with van der Waals surface area (Å²) in [4.78, 5) is 0. The molecule has 30 heavy (non-hydrogen) atoms. The smallest absolute Gasteiger partial charge is 0.0134 e. The molecule has 0 unspecified atom stereocenters. The summed E-state index contributed by atoms with van der Waals surface area (Å²) in [5.41, 5.74) is 6.61. The maximum atomic E-state index is 5.35. The third-order valence-electron chi connectivity index (χ3n) is 4.25. The van der Waals surface area contributed by atoms with Crippen molar-refractivity contribution in [3.8, 4) is 0 Å². The van der Waals surface area contributed by atoms with Gasteiger partial charge in [-0.05, 0) is 30.4 Å². The number of hydrogen-bond donors (Lipinski definition) is 1. The largest absolute Gasteiger partial charge is 0.0622 e. The van der Waals surface area contributed by atoms with Crippen LogP contribution in [0.2, 0.25) is 0 Å². The Bertz CT molecular complexity index is 828. The molecule has 0 saturated carbocycles. The number of hydrogen-bond acceptors (Lipinski definition) is 1. The standard InChI is InChI=1S/C18H15P.C8H10N.BrH.Pd/c1-4-10-16(11-5-1)19(17-12-6-2-7-13-17)18-14-8-3-9-15-18;9-7-6-8-4-2-1-3-5-8;;/h1-15H;1-2,4-5H,6-7,9H2;1H;/q;-1;;+2/p-1. The fourth-order valence-electron chi connectivity index (χ4n) is 2.93. The van der Waals surface area contributed by atoms with Crippen molar-refractivity contribution < 1.29 is 17.2 Å². The summed E-state index contributed by atoms with van der Waals surface area (Å²) in [7, 11) is -0.446. The third-order valence-corrected chi connectivity index (χ3v) is 6.69. The molecule has 0 fully saturated rings. The molecule has 4 heteroatoms. The van der Waals surface area contributed by atoms with Crippen LogP contribution in [0.25, 0.3) is 0 Å². The summed E-state index contributed by atoms with van der Waals surface area (Å²) in [6.07, 6.45) is 0.956. The van der Waals surface area contributed by atoms with Gasteiger partial charge in [0.1, 0.15) is 0 Å². The van der Waals surface area contributed by atoms with E-state index < -0.39 is 7.92 Å². The minimum absolute atomic E-state index is 0.446. The number of nitrogens with two attached hydrogens (primary N) is 1. The van der Waals surface area contributed by atoms with E-state index >= 15 is 0 Å². The molecule has 0 aliphatic heterocycles. The Balaban J connectivity index is 0.000000245. The summed E-state index contributed by atoms with van der Waals surface area (Å²) in [5.74, 6) is 0. The van der Waals surface area contributed by atoms with E-state index in [0.717, 1.165) is 13.0 Å². The molecule has 0 aliphatic carbocycles. The van der Waals surface area contributed by atoms with Gasteiger partial charge in [-0.15, -0.1) is 0 Å². The minimum atomic E-state index is -0.446. The van der Waals surface area contributed by atoms with Crippen LogP contribution in [-0.4, -0.2) is 6.54 Å². The molecule has 0 atom stereocenters. The Kier molecular flexibility index (Phi) is 12.5. The second-order valence-corrected chi connectivity index (χ2v) is 8.51. The minimum Gasteiger partial charge on any atom is -0.0622 e. The maximum Gasteiger partial charge on any atom is -0.0134 e. The van der Waals surface area contributed by atoms with Crippen LogP contribution in [0.5, 0.6) is 0 Å². The molecule has 4 aromatic carbocycles. The maximum absolute atomic E-state index is 5.35. The van der Waals surface area contributed by atoms with Crippen LogP contribution >= 0.6 is 21.4 Å². The van der Waals surface area contributed by atoms with Gasteiger partial charge in [-0.1, -0.05) is 97.4 Å². The fraction of sp³-hybridized carbons (Fsp3) is 0.0769. The second-order valence-electron chi connectivity index (χ2n) is 6.29. The molecule has 156 valence electrons. The van der Waals surface area contributed by atoms with Crippen molar-refractivity contribution in [2.45, 2.75) is 6.42 Å². The van der Waals surface area contributed by atoms with Gasteiger partial charge in [0.05, 0.1) is 0 Å². The van der Waals surface area contributed by atoms with Gasteiger partial charge in [0.15, 0.2) is 0 Å². The summed E-state index contributed by atoms with van der Waals surface area (Å²) in [5, 5.41) is 4.19. The molecule has 0 amide bonds. The number of halogens is 1. The molecule has 0 spiro atoms. The second kappa shape index (κ2) is 15.2. The molecule has 0 saturated heterocycles. The molecule has 0 heterocycles. The van der Waals surface area contributed by atoms with Gasteiger partial charge >= 0.3 is 30.6 Å². The van der Waals surface area contributed by atoms with Crippen molar-refractivity contribution >= 4 is 37.3 Å². The van der Waals surface area contributed by atoms with Crippen molar-refractivity contribution in [2.75, 3.05) is 6.54 Å². The summed E-state index contributed by atoms with van der Waals surface area (Å²) in [6, 6.07) is 43.2. The van der Waals surface area contributed by atoms with E-state index in [-0.39, 0.29) is 0 Å². The van der Waals surface area contributed by atoms with E-state index in [1.54, 1.807) is 0 Å². The zero-order chi connectivity index (χ0) is 21.4. The van der Waals surface area contributed by atoms with Gasteiger partial charge in [-0.2, -0.15) is 35.9 Å². The first-order valence-corrected chi connectivity index (χ1v) is 14.5.